The Kier molecular flexibility index (Phi) is 4.17. The SMILES string of the molecule is Cc1cc(Oc2cc(Br)cc(F)c2F)ccc1CO. The molecule has 2 aromatic rings. The maximum atomic E-state index is 13.6. The Morgan fingerprint density at radius 1 is 1.21 bits per heavy atom. The van der Waals surface area contributed by atoms with Crippen LogP contribution >= 0.6 is 15.9 Å². The predicted molar refractivity (Wildman–Crippen MR) is 71.2 cm³/mol. The van der Waals surface area contributed by atoms with Gasteiger partial charge in [0.15, 0.2) is 11.6 Å². The summed E-state index contributed by atoms with van der Waals surface area (Å²) in [4.78, 5) is 0. The van der Waals surface area contributed by atoms with Crippen LogP contribution < -0.4 is 4.74 Å². The second kappa shape index (κ2) is 5.67. The van der Waals surface area contributed by atoms with E-state index < -0.39 is 11.6 Å². The van der Waals surface area contributed by atoms with Crippen molar-refractivity contribution in [1.82, 2.24) is 0 Å². The van der Waals surface area contributed by atoms with Gasteiger partial charge in [0.2, 0.25) is 5.82 Å². The Bertz CT molecular complexity index is 615. The molecule has 2 aromatic carbocycles. The van der Waals surface area contributed by atoms with Crippen LogP contribution in [0.5, 0.6) is 11.5 Å². The highest BCUT2D eigenvalue weighted by molar-refractivity contribution is 9.10. The summed E-state index contributed by atoms with van der Waals surface area (Å²) in [5.74, 6) is -1.82. The molecule has 0 aromatic heterocycles. The van der Waals surface area contributed by atoms with Crippen LogP contribution in [0.1, 0.15) is 11.1 Å². The molecule has 0 bridgehead atoms. The maximum Gasteiger partial charge on any atom is 0.201 e. The average Bonchev–Trinajstić information content (AvgIpc) is 2.35. The minimum Gasteiger partial charge on any atom is -0.454 e. The highest BCUT2D eigenvalue weighted by Crippen LogP contribution is 2.30. The van der Waals surface area contributed by atoms with Gasteiger partial charge < -0.3 is 9.84 Å². The van der Waals surface area contributed by atoms with Gasteiger partial charge in [-0.05, 0) is 42.3 Å². The van der Waals surface area contributed by atoms with E-state index in [9.17, 15) is 8.78 Å². The third kappa shape index (κ3) is 3.11. The quantitative estimate of drug-likeness (QED) is 0.850. The van der Waals surface area contributed by atoms with Crippen LogP contribution in [0, 0.1) is 18.6 Å². The van der Waals surface area contributed by atoms with E-state index in [1.54, 1.807) is 25.1 Å². The molecule has 0 amide bonds. The molecule has 0 aliphatic heterocycles. The van der Waals surface area contributed by atoms with Crippen molar-refractivity contribution in [2.45, 2.75) is 13.5 Å². The summed E-state index contributed by atoms with van der Waals surface area (Å²) in [5, 5.41) is 9.06. The van der Waals surface area contributed by atoms with Gasteiger partial charge in [-0.25, -0.2) is 4.39 Å². The molecule has 0 aliphatic carbocycles. The Balaban J connectivity index is 2.33. The lowest BCUT2D eigenvalue weighted by Gasteiger charge is -2.10. The van der Waals surface area contributed by atoms with E-state index in [0.717, 1.165) is 17.2 Å². The number of hydrogen-bond donors (Lipinski definition) is 1. The van der Waals surface area contributed by atoms with Crippen molar-refractivity contribution < 1.29 is 18.6 Å². The molecule has 5 heteroatoms. The van der Waals surface area contributed by atoms with Crippen molar-refractivity contribution in [3.8, 4) is 11.5 Å². The molecule has 0 spiro atoms. The van der Waals surface area contributed by atoms with Crippen LogP contribution in [0.2, 0.25) is 0 Å². The molecule has 1 N–H and O–H groups in total. The average molecular weight is 329 g/mol. The van der Waals surface area contributed by atoms with Crippen LogP contribution in [0.3, 0.4) is 0 Å². The molecule has 0 unspecified atom stereocenters. The van der Waals surface area contributed by atoms with Gasteiger partial charge in [-0.2, -0.15) is 4.39 Å². The Hall–Kier alpha value is -1.46. The van der Waals surface area contributed by atoms with E-state index in [1.165, 1.54) is 6.07 Å². The maximum absolute atomic E-state index is 13.6. The van der Waals surface area contributed by atoms with Crippen LogP contribution in [0.4, 0.5) is 8.78 Å². The zero-order valence-electron chi connectivity index (χ0n) is 10.1. The lowest BCUT2D eigenvalue weighted by molar-refractivity contribution is 0.281. The highest BCUT2D eigenvalue weighted by Gasteiger charge is 2.12. The number of halogens is 3. The first-order chi connectivity index (χ1) is 9.01. The fourth-order valence-corrected chi connectivity index (χ4v) is 2.05. The zero-order valence-corrected chi connectivity index (χ0v) is 11.7. The van der Waals surface area contributed by atoms with Crippen molar-refractivity contribution in [3.63, 3.8) is 0 Å². The standard InChI is InChI=1S/C14H11BrF2O2/c1-8-4-11(3-2-9(8)7-18)19-13-6-10(15)5-12(16)14(13)17/h2-6,18H,7H2,1H3. The monoisotopic (exact) mass is 328 g/mol. The number of ether oxygens (including phenoxy) is 1. The summed E-state index contributed by atoms with van der Waals surface area (Å²) in [6, 6.07) is 7.31. The van der Waals surface area contributed by atoms with Gasteiger partial charge >= 0.3 is 0 Å². The van der Waals surface area contributed by atoms with E-state index in [-0.39, 0.29) is 12.4 Å². The van der Waals surface area contributed by atoms with E-state index in [0.29, 0.717) is 10.2 Å². The molecule has 0 saturated carbocycles. The molecular formula is C14H11BrF2O2. The predicted octanol–water partition coefficient (Wildman–Crippen LogP) is 4.32. The molecule has 0 heterocycles. The minimum atomic E-state index is -1.04. The van der Waals surface area contributed by atoms with Gasteiger partial charge in [0.05, 0.1) is 6.61 Å². The number of aliphatic hydroxyl groups is 1. The largest absolute Gasteiger partial charge is 0.454 e. The Labute approximate surface area is 117 Å². The molecule has 0 atom stereocenters. The molecule has 0 saturated heterocycles. The van der Waals surface area contributed by atoms with Crippen LogP contribution in [0.25, 0.3) is 0 Å². The highest BCUT2D eigenvalue weighted by atomic mass is 79.9. The third-order valence-corrected chi connectivity index (χ3v) is 3.13. The summed E-state index contributed by atoms with van der Waals surface area (Å²) >= 11 is 3.08. The number of aryl methyl sites for hydroxylation is 1. The molecule has 2 nitrogen and oxygen atoms in total. The third-order valence-electron chi connectivity index (χ3n) is 2.67. The van der Waals surface area contributed by atoms with Gasteiger partial charge in [-0.15, -0.1) is 0 Å². The van der Waals surface area contributed by atoms with Gasteiger partial charge in [-0.1, -0.05) is 22.0 Å². The van der Waals surface area contributed by atoms with Crippen LogP contribution in [-0.2, 0) is 6.61 Å². The number of benzene rings is 2. The number of hydrogen-bond acceptors (Lipinski definition) is 2. The summed E-state index contributed by atoms with van der Waals surface area (Å²) in [5.41, 5.74) is 1.57. The number of aliphatic hydroxyl groups excluding tert-OH is 1. The molecular weight excluding hydrogens is 318 g/mol. The van der Waals surface area contributed by atoms with E-state index in [4.69, 9.17) is 9.84 Å². The van der Waals surface area contributed by atoms with Gasteiger partial charge in [0.1, 0.15) is 5.75 Å². The van der Waals surface area contributed by atoms with Crippen LogP contribution in [0.15, 0.2) is 34.8 Å². The smallest absolute Gasteiger partial charge is 0.201 e. The first kappa shape index (κ1) is 14.0. The molecule has 19 heavy (non-hydrogen) atoms. The summed E-state index contributed by atoms with van der Waals surface area (Å²) in [6.45, 7) is 1.72. The second-order valence-corrected chi connectivity index (χ2v) is 4.96. The van der Waals surface area contributed by atoms with Crippen molar-refractivity contribution in [2.75, 3.05) is 0 Å². The summed E-state index contributed by atoms with van der Waals surface area (Å²) in [7, 11) is 0. The van der Waals surface area contributed by atoms with Crippen molar-refractivity contribution in [1.29, 1.82) is 0 Å². The van der Waals surface area contributed by atoms with Gasteiger partial charge in [0.25, 0.3) is 0 Å². The fourth-order valence-electron chi connectivity index (χ4n) is 1.64. The van der Waals surface area contributed by atoms with Crippen LogP contribution in [-0.4, -0.2) is 5.11 Å². The minimum absolute atomic E-state index is 0.0774. The molecule has 0 aliphatic rings. The molecule has 2 rings (SSSR count). The Morgan fingerprint density at radius 3 is 2.58 bits per heavy atom. The Morgan fingerprint density at radius 2 is 1.95 bits per heavy atom. The van der Waals surface area contributed by atoms with Gasteiger partial charge in [0, 0.05) is 4.47 Å². The summed E-state index contributed by atoms with van der Waals surface area (Å²) < 4.78 is 32.5. The first-order valence-corrected chi connectivity index (χ1v) is 6.33. The van der Waals surface area contributed by atoms with Crippen molar-refractivity contribution in [2.24, 2.45) is 0 Å². The molecule has 100 valence electrons. The van der Waals surface area contributed by atoms with Crippen molar-refractivity contribution >= 4 is 15.9 Å². The lowest BCUT2D eigenvalue weighted by Crippen LogP contribution is -1.94. The normalized spacial score (nSPS) is 10.6. The van der Waals surface area contributed by atoms with E-state index in [2.05, 4.69) is 15.9 Å². The second-order valence-electron chi connectivity index (χ2n) is 4.05. The van der Waals surface area contributed by atoms with Gasteiger partial charge in [-0.3, -0.25) is 0 Å². The molecule has 0 fully saturated rings. The van der Waals surface area contributed by atoms with Crippen molar-refractivity contribution in [3.05, 3.63) is 57.6 Å². The number of rotatable bonds is 3. The lowest BCUT2D eigenvalue weighted by atomic mass is 10.1. The first-order valence-electron chi connectivity index (χ1n) is 5.54. The molecule has 0 radical (unpaired) electrons. The zero-order chi connectivity index (χ0) is 14.0. The van der Waals surface area contributed by atoms with E-state index >= 15 is 0 Å². The topological polar surface area (TPSA) is 29.5 Å². The summed E-state index contributed by atoms with van der Waals surface area (Å²) in [6.07, 6.45) is 0. The van der Waals surface area contributed by atoms with E-state index in [1.807, 2.05) is 0 Å². The fraction of sp³-hybridized carbons (Fsp3) is 0.143.